The van der Waals surface area contributed by atoms with E-state index in [1.54, 1.807) is 11.3 Å². The predicted molar refractivity (Wildman–Crippen MR) is 109 cm³/mol. The summed E-state index contributed by atoms with van der Waals surface area (Å²) in [5.41, 5.74) is 9.54. The molecule has 2 heterocycles. The molecule has 0 bridgehead atoms. The molecule has 2 N–H and O–H groups in total. The zero-order chi connectivity index (χ0) is 18.8. The third-order valence-corrected chi connectivity index (χ3v) is 5.83. The molecule has 6 heteroatoms. The van der Waals surface area contributed by atoms with Crippen LogP contribution in [0.25, 0.3) is 21.3 Å². The lowest BCUT2D eigenvalue weighted by atomic mass is 10.0. The minimum atomic E-state index is 0.0419. The van der Waals surface area contributed by atoms with Crippen molar-refractivity contribution in [3.63, 3.8) is 0 Å². The fourth-order valence-corrected chi connectivity index (χ4v) is 4.28. The molecule has 1 amide bonds. The number of carbonyl (C=O) groups excluding carboxylic acids is 1. The molecule has 5 nitrogen and oxygen atoms in total. The summed E-state index contributed by atoms with van der Waals surface area (Å²) >= 11 is 1.70. The number of hydrogen-bond acceptors (Lipinski definition) is 5. The van der Waals surface area contributed by atoms with Gasteiger partial charge in [0.25, 0.3) is 5.91 Å². The first kappa shape index (κ1) is 18.1. The van der Waals surface area contributed by atoms with Gasteiger partial charge in [-0.15, -0.1) is 11.3 Å². The van der Waals surface area contributed by atoms with Gasteiger partial charge in [0.1, 0.15) is 0 Å². The highest BCUT2D eigenvalue weighted by Crippen LogP contribution is 2.28. The van der Waals surface area contributed by atoms with Gasteiger partial charge in [-0.1, -0.05) is 18.2 Å². The Morgan fingerprint density at radius 3 is 2.81 bits per heavy atom. The molecular formula is C21H23N3O2S. The van der Waals surface area contributed by atoms with Crippen LogP contribution in [0.1, 0.15) is 21.8 Å². The summed E-state index contributed by atoms with van der Waals surface area (Å²) < 4.78 is 6.87. The Hall–Kier alpha value is -2.28. The maximum absolute atomic E-state index is 12.8. The molecule has 1 aliphatic heterocycles. The monoisotopic (exact) mass is 381 g/mol. The van der Waals surface area contributed by atoms with Crippen LogP contribution in [-0.4, -0.2) is 48.1 Å². The highest BCUT2D eigenvalue weighted by atomic mass is 32.1. The van der Waals surface area contributed by atoms with Gasteiger partial charge >= 0.3 is 0 Å². The molecule has 0 saturated carbocycles. The summed E-state index contributed by atoms with van der Waals surface area (Å²) in [6.45, 7) is 4.40. The van der Waals surface area contributed by atoms with Crippen LogP contribution >= 0.6 is 11.3 Å². The number of thiazole rings is 1. The first-order valence-electron chi connectivity index (χ1n) is 9.22. The highest BCUT2D eigenvalue weighted by molar-refractivity contribution is 7.18. The number of carbonyl (C=O) groups is 1. The topological polar surface area (TPSA) is 68.5 Å². The van der Waals surface area contributed by atoms with E-state index < -0.39 is 0 Å². The van der Waals surface area contributed by atoms with Gasteiger partial charge in [0, 0.05) is 18.7 Å². The van der Waals surface area contributed by atoms with Crippen molar-refractivity contribution in [2.45, 2.75) is 19.4 Å². The molecule has 0 spiro atoms. The van der Waals surface area contributed by atoms with Gasteiger partial charge in [0.05, 0.1) is 27.9 Å². The van der Waals surface area contributed by atoms with E-state index in [2.05, 4.69) is 23.2 Å². The molecule has 1 aromatic heterocycles. The molecule has 1 atom stereocenters. The van der Waals surface area contributed by atoms with Crippen LogP contribution in [0.2, 0.25) is 0 Å². The van der Waals surface area contributed by atoms with Crippen molar-refractivity contribution >= 4 is 27.5 Å². The molecular weight excluding hydrogens is 358 g/mol. The number of morpholine rings is 1. The Bertz CT molecular complexity index is 950. The minimum Gasteiger partial charge on any atom is -0.374 e. The number of hydrogen-bond donors (Lipinski definition) is 1. The van der Waals surface area contributed by atoms with Crippen molar-refractivity contribution in [1.82, 2.24) is 9.88 Å². The van der Waals surface area contributed by atoms with E-state index in [-0.39, 0.29) is 12.0 Å². The molecule has 27 heavy (non-hydrogen) atoms. The lowest BCUT2D eigenvalue weighted by Gasteiger charge is -2.33. The molecule has 1 aliphatic rings. The van der Waals surface area contributed by atoms with Gasteiger partial charge < -0.3 is 15.4 Å². The molecule has 4 rings (SSSR count). The van der Waals surface area contributed by atoms with Gasteiger partial charge in [-0.05, 0) is 55.3 Å². The van der Waals surface area contributed by atoms with Crippen molar-refractivity contribution in [2.24, 2.45) is 5.73 Å². The Morgan fingerprint density at radius 1 is 1.26 bits per heavy atom. The summed E-state index contributed by atoms with van der Waals surface area (Å²) in [6.07, 6.45) is 0.821. The average Bonchev–Trinajstić information content (AvgIpc) is 3.07. The molecule has 2 aromatic carbocycles. The smallest absolute Gasteiger partial charge is 0.254 e. The quantitative estimate of drug-likeness (QED) is 0.751. The molecule has 1 saturated heterocycles. The number of ether oxygens (including phenoxy) is 1. The lowest BCUT2D eigenvalue weighted by molar-refractivity contribution is -0.0236. The molecule has 140 valence electrons. The zero-order valence-electron chi connectivity index (χ0n) is 15.4. The Balaban J connectivity index is 1.51. The molecule has 0 aliphatic carbocycles. The van der Waals surface area contributed by atoms with Crippen molar-refractivity contribution < 1.29 is 9.53 Å². The largest absolute Gasteiger partial charge is 0.374 e. The van der Waals surface area contributed by atoms with Gasteiger partial charge in [-0.3, -0.25) is 4.79 Å². The third-order valence-electron chi connectivity index (χ3n) is 4.87. The Kier molecular flexibility index (Phi) is 5.20. The summed E-state index contributed by atoms with van der Waals surface area (Å²) in [6, 6.07) is 14.1. The second kappa shape index (κ2) is 7.76. The third kappa shape index (κ3) is 3.88. The first-order valence-corrected chi connectivity index (χ1v) is 10.0. The van der Waals surface area contributed by atoms with E-state index in [9.17, 15) is 4.79 Å². The van der Waals surface area contributed by atoms with Crippen molar-refractivity contribution in [3.8, 4) is 11.1 Å². The highest BCUT2D eigenvalue weighted by Gasteiger charge is 2.24. The number of aryl methyl sites for hydroxylation is 1. The summed E-state index contributed by atoms with van der Waals surface area (Å²) in [5.74, 6) is 0.0532. The second-order valence-corrected chi connectivity index (χ2v) is 8.05. The van der Waals surface area contributed by atoms with Crippen LogP contribution in [0, 0.1) is 6.92 Å². The molecule has 1 unspecified atom stereocenters. The number of aromatic nitrogens is 1. The Morgan fingerprint density at radius 2 is 2.04 bits per heavy atom. The number of nitrogens with two attached hydrogens (primary N) is 1. The minimum absolute atomic E-state index is 0.0419. The van der Waals surface area contributed by atoms with Crippen LogP contribution in [0.4, 0.5) is 0 Å². The standard InChI is InChI=1S/C21H23N3O2S/c1-14-23-19-12-17(6-7-20(19)27-14)15-2-4-16(5-3-15)21(25)24-10-11-26-18(13-24)8-9-22/h2-7,12,18H,8-11,13,22H2,1H3. The fraction of sp³-hybridized carbons (Fsp3) is 0.333. The number of benzene rings is 2. The van der Waals surface area contributed by atoms with E-state index in [4.69, 9.17) is 10.5 Å². The van der Waals surface area contributed by atoms with Crippen molar-refractivity contribution in [3.05, 3.63) is 53.0 Å². The van der Waals surface area contributed by atoms with Crippen LogP contribution in [0.5, 0.6) is 0 Å². The normalized spacial score (nSPS) is 17.4. The van der Waals surface area contributed by atoms with E-state index in [1.165, 1.54) is 4.70 Å². The molecule has 0 radical (unpaired) electrons. The van der Waals surface area contributed by atoms with E-state index in [1.807, 2.05) is 36.1 Å². The first-order chi connectivity index (χ1) is 13.1. The maximum atomic E-state index is 12.8. The number of amides is 1. The molecule has 1 fully saturated rings. The van der Waals surface area contributed by atoms with E-state index in [0.29, 0.717) is 31.8 Å². The second-order valence-electron chi connectivity index (χ2n) is 6.81. The van der Waals surface area contributed by atoms with Gasteiger partial charge in [0.15, 0.2) is 0 Å². The van der Waals surface area contributed by atoms with E-state index >= 15 is 0 Å². The average molecular weight is 382 g/mol. The SMILES string of the molecule is Cc1nc2cc(-c3ccc(C(=O)N4CCOC(CCN)C4)cc3)ccc2s1. The summed E-state index contributed by atoms with van der Waals surface area (Å²) in [5, 5.41) is 1.07. The Labute approximate surface area is 162 Å². The van der Waals surface area contributed by atoms with Crippen molar-refractivity contribution in [2.75, 3.05) is 26.2 Å². The summed E-state index contributed by atoms with van der Waals surface area (Å²) in [7, 11) is 0. The van der Waals surface area contributed by atoms with Crippen LogP contribution in [-0.2, 0) is 4.74 Å². The van der Waals surface area contributed by atoms with Gasteiger partial charge in [0.2, 0.25) is 0 Å². The van der Waals surface area contributed by atoms with Crippen LogP contribution in [0.15, 0.2) is 42.5 Å². The number of rotatable bonds is 4. The van der Waals surface area contributed by atoms with Crippen LogP contribution in [0.3, 0.4) is 0 Å². The zero-order valence-corrected chi connectivity index (χ0v) is 16.2. The van der Waals surface area contributed by atoms with Gasteiger partial charge in [-0.2, -0.15) is 0 Å². The predicted octanol–water partition coefficient (Wildman–Crippen LogP) is 3.46. The number of fused-ring (bicyclic) bond motifs is 1. The fourth-order valence-electron chi connectivity index (χ4n) is 3.47. The van der Waals surface area contributed by atoms with Crippen molar-refractivity contribution in [1.29, 1.82) is 0 Å². The number of nitrogens with zero attached hydrogens (tertiary/aromatic N) is 2. The van der Waals surface area contributed by atoms with Gasteiger partial charge in [-0.25, -0.2) is 4.98 Å². The summed E-state index contributed by atoms with van der Waals surface area (Å²) in [4.78, 5) is 19.2. The van der Waals surface area contributed by atoms with E-state index in [0.717, 1.165) is 28.1 Å². The lowest BCUT2D eigenvalue weighted by Crippen LogP contribution is -2.46. The van der Waals surface area contributed by atoms with Crippen LogP contribution < -0.4 is 5.73 Å². The maximum Gasteiger partial charge on any atom is 0.254 e. The molecule has 3 aromatic rings.